The van der Waals surface area contributed by atoms with E-state index in [2.05, 4.69) is 4.98 Å². The summed E-state index contributed by atoms with van der Waals surface area (Å²) in [6, 6.07) is 9.27. The van der Waals surface area contributed by atoms with Gasteiger partial charge in [-0.3, -0.25) is 4.98 Å². The zero-order valence-electron chi connectivity index (χ0n) is 9.99. The lowest BCUT2D eigenvalue weighted by Gasteiger charge is -2.25. The van der Waals surface area contributed by atoms with Gasteiger partial charge in [0.25, 0.3) is 0 Å². The molecular weight excluding hydrogens is 215 g/mol. The molecule has 2 rings (SSSR count). The normalized spacial score (nSPS) is 14.8. The van der Waals surface area contributed by atoms with E-state index in [1.54, 1.807) is 6.20 Å². The van der Waals surface area contributed by atoms with Crippen molar-refractivity contribution in [2.75, 3.05) is 6.54 Å². The third-order valence-corrected chi connectivity index (χ3v) is 3.10. The van der Waals surface area contributed by atoms with E-state index in [9.17, 15) is 4.39 Å². The molecule has 1 heterocycles. The minimum atomic E-state index is -1.45. The molecule has 90 valence electrons. The first-order valence-corrected chi connectivity index (χ1v) is 5.94. The first-order chi connectivity index (χ1) is 8.21. The Kier molecular flexibility index (Phi) is 3.38. The average molecular weight is 232 g/mol. The van der Waals surface area contributed by atoms with Crippen LogP contribution in [0.15, 0.2) is 36.5 Å². The van der Waals surface area contributed by atoms with E-state index in [4.69, 9.17) is 5.73 Å². The summed E-state index contributed by atoms with van der Waals surface area (Å²) < 4.78 is 14.8. The minimum absolute atomic E-state index is 0.00878. The number of halogens is 1. The number of aromatic nitrogens is 1. The number of hydrogen-bond acceptors (Lipinski definition) is 2. The smallest absolute Gasteiger partial charge is 0.148 e. The standard InChI is InChI=1S/C14H17FN2/c1-2-8-14(15,10-16)12-6-3-7-13-11(12)5-4-9-17-13/h3-7,9H,2,8,10,16H2,1H3. The number of alkyl halides is 1. The molecule has 3 heteroatoms. The van der Waals surface area contributed by atoms with Crippen molar-refractivity contribution in [2.45, 2.75) is 25.4 Å². The van der Waals surface area contributed by atoms with E-state index in [-0.39, 0.29) is 6.54 Å². The van der Waals surface area contributed by atoms with Crippen molar-refractivity contribution in [3.8, 4) is 0 Å². The summed E-state index contributed by atoms with van der Waals surface area (Å²) in [5, 5.41) is 0.858. The molecule has 0 bridgehead atoms. The molecule has 0 aliphatic carbocycles. The van der Waals surface area contributed by atoms with E-state index in [1.807, 2.05) is 37.3 Å². The Labute approximate surface area is 101 Å². The molecule has 0 saturated heterocycles. The van der Waals surface area contributed by atoms with Gasteiger partial charge in [-0.2, -0.15) is 0 Å². The molecule has 1 aromatic carbocycles. The Hall–Kier alpha value is -1.48. The SMILES string of the molecule is CCCC(F)(CN)c1cccc2ncccc12. The van der Waals surface area contributed by atoms with Gasteiger partial charge in [-0.1, -0.05) is 31.5 Å². The largest absolute Gasteiger partial charge is 0.327 e. The molecule has 0 aliphatic heterocycles. The number of pyridine rings is 1. The van der Waals surface area contributed by atoms with Crippen molar-refractivity contribution < 1.29 is 4.39 Å². The lowest BCUT2D eigenvalue weighted by Crippen LogP contribution is -2.30. The van der Waals surface area contributed by atoms with Crippen LogP contribution in [0.4, 0.5) is 4.39 Å². The van der Waals surface area contributed by atoms with E-state index in [0.29, 0.717) is 12.0 Å². The summed E-state index contributed by atoms with van der Waals surface area (Å²) in [6.45, 7) is 1.97. The second-order valence-electron chi connectivity index (χ2n) is 4.30. The molecule has 0 fully saturated rings. The Morgan fingerprint density at radius 2 is 2.12 bits per heavy atom. The fourth-order valence-corrected chi connectivity index (χ4v) is 2.24. The molecule has 1 atom stereocenters. The Morgan fingerprint density at radius 3 is 2.82 bits per heavy atom. The summed E-state index contributed by atoms with van der Waals surface area (Å²) in [4.78, 5) is 4.24. The molecule has 0 saturated carbocycles. The number of hydrogen-bond donors (Lipinski definition) is 1. The maximum atomic E-state index is 14.8. The number of nitrogens with two attached hydrogens (primary N) is 1. The quantitative estimate of drug-likeness (QED) is 0.879. The number of benzene rings is 1. The Balaban J connectivity index is 2.61. The van der Waals surface area contributed by atoms with Crippen molar-refractivity contribution in [1.82, 2.24) is 4.98 Å². The lowest BCUT2D eigenvalue weighted by atomic mass is 9.88. The predicted molar refractivity (Wildman–Crippen MR) is 68.5 cm³/mol. The van der Waals surface area contributed by atoms with Crippen LogP contribution in [0.25, 0.3) is 10.9 Å². The highest BCUT2D eigenvalue weighted by molar-refractivity contribution is 5.82. The third-order valence-electron chi connectivity index (χ3n) is 3.10. The number of rotatable bonds is 4. The summed E-state index contributed by atoms with van der Waals surface area (Å²) in [5.41, 5.74) is 5.65. The van der Waals surface area contributed by atoms with E-state index in [0.717, 1.165) is 17.3 Å². The van der Waals surface area contributed by atoms with Gasteiger partial charge >= 0.3 is 0 Å². The van der Waals surface area contributed by atoms with Crippen LogP contribution in [-0.2, 0) is 5.67 Å². The monoisotopic (exact) mass is 232 g/mol. The van der Waals surface area contributed by atoms with Crippen LogP contribution in [-0.4, -0.2) is 11.5 Å². The molecule has 2 aromatic rings. The van der Waals surface area contributed by atoms with Gasteiger partial charge < -0.3 is 5.73 Å². The summed E-state index contributed by atoms with van der Waals surface area (Å²) in [6.07, 6.45) is 2.93. The second-order valence-corrected chi connectivity index (χ2v) is 4.30. The van der Waals surface area contributed by atoms with Crippen LogP contribution in [0.2, 0.25) is 0 Å². The molecule has 2 nitrogen and oxygen atoms in total. The fourth-order valence-electron chi connectivity index (χ4n) is 2.24. The lowest BCUT2D eigenvalue weighted by molar-refractivity contribution is 0.161. The van der Waals surface area contributed by atoms with Crippen molar-refractivity contribution in [3.05, 3.63) is 42.1 Å². The van der Waals surface area contributed by atoms with Gasteiger partial charge in [-0.05, 0) is 24.1 Å². The molecule has 17 heavy (non-hydrogen) atoms. The molecule has 0 amide bonds. The second kappa shape index (κ2) is 4.80. The highest BCUT2D eigenvalue weighted by Gasteiger charge is 2.30. The van der Waals surface area contributed by atoms with Crippen LogP contribution >= 0.6 is 0 Å². The molecule has 2 N–H and O–H groups in total. The van der Waals surface area contributed by atoms with Gasteiger partial charge in [0.1, 0.15) is 5.67 Å². The molecular formula is C14H17FN2. The highest BCUT2D eigenvalue weighted by Crippen LogP contribution is 2.34. The molecule has 0 radical (unpaired) electrons. The topological polar surface area (TPSA) is 38.9 Å². The molecule has 1 unspecified atom stereocenters. The average Bonchev–Trinajstić information content (AvgIpc) is 2.38. The van der Waals surface area contributed by atoms with E-state index >= 15 is 0 Å². The maximum absolute atomic E-state index is 14.8. The van der Waals surface area contributed by atoms with E-state index < -0.39 is 5.67 Å². The first-order valence-electron chi connectivity index (χ1n) is 5.94. The molecule has 0 aliphatic rings. The predicted octanol–water partition coefficient (Wildman–Crippen LogP) is 3.16. The van der Waals surface area contributed by atoms with Crippen LogP contribution in [0.1, 0.15) is 25.3 Å². The summed E-state index contributed by atoms with van der Waals surface area (Å²) in [5.74, 6) is 0. The van der Waals surface area contributed by atoms with Crippen LogP contribution < -0.4 is 5.73 Å². The van der Waals surface area contributed by atoms with Gasteiger partial charge in [0.15, 0.2) is 0 Å². The van der Waals surface area contributed by atoms with Gasteiger partial charge in [0.2, 0.25) is 0 Å². The fraction of sp³-hybridized carbons (Fsp3) is 0.357. The first kappa shape index (κ1) is 12.0. The number of nitrogens with zero attached hydrogens (tertiary/aromatic N) is 1. The van der Waals surface area contributed by atoms with Crippen molar-refractivity contribution in [1.29, 1.82) is 0 Å². The van der Waals surface area contributed by atoms with Crippen LogP contribution in [0, 0.1) is 0 Å². The number of fused-ring (bicyclic) bond motifs is 1. The van der Waals surface area contributed by atoms with Crippen molar-refractivity contribution in [3.63, 3.8) is 0 Å². The molecule has 0 spiro atoms. The third kappa shape index (κ3) is 2.15. The van der Waals surface area contributed by atoms with E-state index in [1.165, 1.54) is 0 Å². The van der Waals surface area contributed by atoms with Gasteiger partial charge in [-0.25, -0.2) is 4.39 Å². The van der Waals surface area contributed by atoms with Crippen molar-refractivity contribution in [2.24, 2.45) is 5.73 Å². The van der Waals surface area contributed by atoms with Crippen LogP contribution in [0.5, 0.6) is 0 Å². The van der Waals surface area contributed by atoms with Gasteiger partial charge in [0.05, 0.1) is 5.52 Å². The Morgan fingerprint density at radius 1 is 1.29 bits per heavy atom. The minimum Gasteiger partial charge on any atom is -0.327 e. The van der Waals surface area contributed by atoms with Crippen LogP contribution in [0.3, 0.4) is 0 Å². The summed E-state index contributed by atoms with van der Waals surface area (Å²) >= 11 is 0. The van der Waals surface area contributed by atoms with Gasteiger partial charge in [-0.15, -0.1) is 0 Å². The summed E-state index contributed by atoms with van der Waals surface area (Å²) in [7, 11) is 0. The van der Waals surface area contributed by atoms with Gasteiger partial charge in [0, 0.05) is 18.1 Å². The molecule has 1 aromatic heterocycles. The van der Waals surface area contributed by atoms with Crippen molar-refractivity contribution >= 4 is 10.9 Å². The zero-order chi connectivity index (χ0) is 12.3. The highest BCUT2D eigenvalue weighted by atomic mass is 19.1. The maximum Gasteiger partial charge on any atom is 0.148 e. The Bertz CT molecular complexity index is 507. The zero-order valence-corrected chi connectivity index (χ0v) is 9.99.